The minimum Gasteiger partial charge on any atom is -0.493 e. The summed E-state index contributed by atoms with van der Waals surface area (Å²) in [5, 5.41) is 3.11. The largest absolute Gasteiger partial charge is 0.493 e. The Morgan fingerprint density at radius 2 is 2.22 bits per heavy atom. The number of amides is 1. The van der Waals surface area contributed by atoms with Crippen LogP contribution in [0.2, 0.25) is 0 Å². The number of carbonyl (C=O) groups is 1. The second-order valence-corrected chi connectivity index (χ2v) is 6.19. The molecule has 1 aromatic rings. The Bertz CT molecular complexity index is 455. The lowest BCUT2D eigenvalue weighted by Gasteiger charge is -2.39. The van der Waals surface area contributed by atoms with Gasteiger partial charge in [-0.3, -0.25) is 4.79 Å². The number of carbonyl (C=O) groups excluding carboxylic acids is 1. The summed E-state index contributed by atoms with van der Waals surface area (Å²) in [6.07, 6.45) is 3.32. The number of hydrogen-bond acceptors (Lipinski definition) is 2. The van der Waals surface area contributed by atoms with Gasteiger partial charge >= 0.3 is 0 Å². The van der Waals surface area contributed by atoms with E-state index in [1.807, 2.05) is 25.1 Å². The Hall–Kier alpha value is -0.780. The van der Waals surface area contributed by atoms with Crippen LogP contribution in [0.25, 0.3) is 0 Å². The molecule has 0 radical (unpaired) electrons. The van der Waals surface area contributed by atoms with E-state index < -0.39 is 0 Å². The summed E-state index contributed by atoms with van der Waals surface area (Å²) in [7, 11) is 0. The second kappa shape index (κ2) is 5.47. The third-order valence-electron chi connectivity index (χ3n) is 3.36. The molecule has 0 saturated heterocycles. The van der Waals surface area contributed by atoms with Crippen LogP contribution in [0.3, 0.4) is 0 Å². The normalized spacial score (nSPS) is 16.8. The van der Waals surface area contributed by atoms with Crippen LogP contribution < -0.4 is 10.1 Å². The van der Waals surface area contributed by atoms with Gasteiger partial charge in [0, 0.05) is 9.11 Å². The van der Waals surface area contributed by atoms with E-state index in [2.05, 4.69) is 34.8 Å². The molecule has 0 bridgehead atoms. The van der Waals surface area contributed by atoms with Crippen molar-refractivity contribution in [3.05, 3.63) is 27.3 Å². The van der Waals surface area contributed by atoms with E-state index in [0.29, 0.717) is 17.9 Å². The molecule has 1 aliphatic carbocycles. The summed E-state index contributed by atoms with van der Waals surface area (Å²) in [6, 6.07) is 5.67. The van der Waals surface area contributed by atoms with Gasteiger partial charge in [-0.05, 0) is 73.9 Å². The van der Waals surface area contributed by atoms with E-state index in [1.165, 1.54) is 6.42 Å². The fourth-order valence-electron chi connectivity index (χ4n) is 2.13. The Morgan fingerprint density at radius 1 is 1.50 bits per heavy atom. The lowest BCUT2D eigenvalue weighted by molar-refractivity contribution is 0.0846. The summed E-state index contributed by atoms with van der Waals surface area (Å²) in [4.78, 5) is 12.3. The van der Waals surface area contributed by atoms with Crippen molar-refractivity contribution in [2.75, 3.05) is 6.61 Å². The molecular formula is C14H18INO2. The van der Waals surface area contributed by atoms with Gasteiger partial charge in [0.05, 0.1) is 12.2 Å². The molecule has 1 aliphatic rings. The molecule has 1 amide bonds. The van der Waals surface area contributed by atoms with Gasteiger partial charge < -0.3 is 10.1 Å². The molecular weight excluding hydrogens is 341 g/mol. The standard InChI is InChI=1S/C14H18INO2/c1-3-18-12-9-10(15)5-6-11(12)13(17)16-14(2)7-4-8-14/h5-6,9H,3-4,7-8H2,1-2H3,(H,16,17). The number of hydrogen-bond donors (Lipinski definition) is 1. The Kier molecular flexibility index (Phi) is 4.14. The molecule has 1 N–H and O–H groups in total. The summed E-state index contributed by atoms with van der Waals surface area (Å²) in [5.74, 6) is 0.641. The molecule has 1 aromatic carbocycles. The third kappa shape index (κ3) is 2.96. The minimum absolute atomic E-state index is 0.0242. The van der Waals surface area contributed by atoms with Crippen molar-refractivity contribution in [3.63, 3.8) is 0 Å². The first-order chi connectivity index (χ1) is 8.54. The Labute approximate surface area is 121 Å². The first-order valence-electron chi connectivity index (χ1n) is 6.29. The molecule has 18 heavy (non-hydrogen) atoms. The summed E-state index contributed by atoms with van der Waals surface area (Å²) in [5.41, 5.74) is 0.606. The predicted octanol–water partition coefficient (Wildman–Crippen LogP) is 3.36. The van der Waals surface area contributed by atoms with Gasteiger partial charge in [0.1, 0.15) is 5.75 Å². The molecule has 0 atom stereocenters. The SMILES string of the molecule is CCOc1cc(I)ccc1C(=O)NC1(C)CCC1. The maximum Gasteiger partial charge on any atom is 0.255 e. The summed E-state index contributed by atoms with van der Waals surface area (Å²) < 4.78 is 6.61. The van der Waals surface area contributed by atoms with Crippen LogP contribution in [0.4, 0.5) is 0 Å². The van der Waals surface area contributed by atoms with Crippen molar-refractivity contribution in [3.8, 4) is 5.75 Å². The predicted molar refractivity (Wildman–Crippen MR) is 80.1 cm³/mol. The molecule has 0 heterocycles. The molecule has 4 heteroatoms. The van der Waals surface area contributed by atoms with Crippen molar-refractivity contribution in [2.24, 2.45) is 0 Å². The first-order valence-corrected chi connectivity index (χ1v) is 7.37. The highest BCUT2D eigenvalue weighted by Crippen LogP contribution is 2.32. The smallest absolute Gasteiger partial charge is 0.255 e. The van der Waals surface area contributed by atoms with E-state index in [9.17, 15) is 4.79 Å². The minimum atomic E-state index is -0.0305. The van der Waals surface area contributed by atoms with Crippen LogP contribution in [-0.2, 0) is 0 Å². The fraction of sp³-hybridized carbons (Fsp3) is 0.500. The summed E-state index contributed by atoms with van der Waals surface area (Å²) >= 11 is 2.22. The molecule has 1 saturated carbocycles. The molecule has 0 spiro atoms. The monoisotopic (exact) mass is 359 g/mol. The molecule has 2 rings (SSSR count). The number of rotatable bonds is 4. The molecule has 98 valence electrons. The fourth-order valence-corrected chi connectivity index (χ4v) is 2.59. The second-order valence-electron chi connectivity index (χ2n) is 4.94. The van der Waals surface area contributed by atoms with Gasteiger partial charge in [0.2, 0.25) is 0 Å². The average molecular weight is 359 g/mol. The number of benzene rings is 1. The molecule has 3 nitrogen and oxygen atoms in total. The van der Waals surface area contributed by atoms with Gasteiger partial charge in [-0.25, -0.2) is 0 Å². The van der Waals surface area contributed by atoms with Crippen LogP contribution >= 0.6 is 22.6 Å². The maximum atomic E-state index is 12.3. The Morgan fingerprint density at radius 3 is 2.78 bits per heavy atom. The molecule has 0 aromatic heterocycles. The van der Waals surface area contributed by atoms with Crippen molar-refractivity contribution < 1.29 is 9.53 Å². The zero-order chi connectivity index (χ0) is 13.2. The highest BCUT2D eigenvalue weighted by atomic mass is 127. The van der Waals surface area contributed by atoms with Crippen LogP contribution in [0.1, 0.15) is 43.5 Å². The Balaban J connectivity index is 2.18. The van der Waals surface area contributed by atoms with Gasteiger partial charge in [0.15, 0.2) is 0 Å². The highest BCUT2D eigenvalue weighted by molar-refractivity contribution is 14.1. The molecule has 0 unspecified atom stereocenters. The number of ether oxygens (including phenoxy) is 1. The van der Waals surface area contributed by atoms with Crippen molar-refractivity contribution >= 4 is 28.5 Å². The van der Waals surface area contributed by atoms with E-state index in [0.717, 1.165) is 16.4 Å². The van der Waals surface area contributed by atoms with Crippen LogP contribution in [-0.4, -0.2) is 18.1 Å². The van der Waals surface area contributed by atoms with Crippen LogP contribution in [0.15, 0.2) is 18.2 Å². The lowest BCUT2D eigenvalue weighted by Crippen LogP contribution is -2.51. The number of halogens is 1. The first kappa shape index (κ1) is 13.6. The zero-order valence-corrected chi connectivity index (χ0v) is 12.9. The van der Waals surface area contributed by atoms with E-state index in [4.69, 9.17) is 4.74 Å². The van der Waals surface area contributed by atoms with Gasteiger partial charge in [-0.2, -0.15) is 0 Å². The average Bonchev–Trinajstić information content (AvgIpc) is 2.27. The highest BCUT2D eigenvalue weighted by Gasteiger charge is 2.33. The van der Waals surface area contributed by atoms with Crippen LogP contribution in [0.5, 0.6) is 5.75 Å². The molecule has 1 fully saturated rings. The van der Waals surface area contributed by atoms with E-state index >= 15 is 0 Å². The van der Waals surface area contributed by atoms with E-state index in [1.54, 1.807) is 0 Å². The van der Waals surface area contributed by atoms with Crippen molar-refractivity contribution in [2.45, 2.75) is 38.6 Å². The topological polar surface area (TPSA) is 38.3 Å². The maximum absolute atomic E-state index is 12.3. The lowest BCUT2D eigenvalue weighted by atomic mass is 9.78. The van der Waals surface area contributed by atoms with Gasteiger partial charge in [0.25, 0.3) is 5.91 Å². The quantitative estimate of drug-likeness (QED) is 0.838. The zero-order valence-electron chi connectivity index (χ0n) is 10.8. The van der Waals surface area contributed by atoms with E-state index in [-0.39, 0.29) is 11.4 Å². The summed E-state index contributed by atoms with van der Waals surface area (Å²) in [6.45, 7) is 4.59. The molecule has 0 aliphatic heterocycles. The van der Waals surface area contributed by atoms with Crippen molar-refractivity contribution in [1.82, 2.24) is 5.32 Å². The van der Waals surface area contributed by atoms with Crippen molar-refractivity contribution in [1.29, 1.82) is 0 Å². The van der Waals surface area contributed by atoms with Crippen LogP contribution in [0, 0.1) is 3.57 Å². The van der Waals surface area contributed by atoms with Gasteiger partial charge in [-0.15, -0.1) is 0 Å². The number of nitrogens with one attached hydrogen (secondary N) is 1. The van der Waals surface area contributed by atoms with Gasteiger partial charge in [-0.1, -0.05) is 0 Å². The third-order valence-corrected chi connectivity index (χ3v) is 4.03.